The van der Waals surface area contributed by atoms with E-state index in [0.717, 1.165) is 54.8 Å². The van der Waals surface area contributed by atoms with Gasteiger partial charge in [-0.2, -0.15) is 5.10 Å². The molecule has 1 saturated heterocycles. The van der Waals surface area contributed by atoms with Crippen molar-refractivity contribution < 1.29 is 0 Å². The minimum Gasteiger partial charge on any atom is -0.353 e. The van der Waals surface area contributed by atoms with Gasteiger partial charge in [-0.05, 0) is 25.7 Å². The van der Waals surface area contributed by atoms with Crippen LogP contribution in [0.4, 0.5) is 5.82 Å². The van der Waals surface area contributed by atoms with Crippen LogP contribution in [0.2, 0.25) is 0 Å². The highest BCUT2D eigenvalue weighted by Crippen LogP contribution is 2.27. The van der Waals surface area contributed by atoms with Crippen molar-refractivity contribution in [1.82, 2.24) is 24.6 Å². The summed E-state index contributed by atoms with van der Waals surface area (Å²) >= 11 is 0. The Morgan fingerprint density at radius 3 is 2.54 bits per heavy atom. The molecule has 2 aromatic heterocycles. The number of rotatable bonds is 3. The van der Waals surface area contributed by atoms with Crippen LogP contribution in [-0.4, -0.2) is 57.4 Å². The average Bonchev–Trinajstić information content (AvgIpc) is 2.97. The summed E-state index contributed by atoms with van der Waals surface area (Å²) in [6.45, 7) is 7.64. The molecule has 0 aromatic carbocycles. The van der Waals surface area contributed by atoms with Crippen molar-refractivity contribution in [3.8, 4) is 0 Å². The van der Waals surface area contributed by atoms with Crippen LogP contribution in [0.3, 0.4) is 0 Å². The Kier molecular flexibility index (Phi) is 4.39. The van der Waals surface area contributed by atoms with Crippen LogP contribution in [0, 0.1) is 12.8 Å². The van der Waals surface area contributed by atoms with E-state index < -0.39 is 0 Å². The number of hydrogen-bond donors (Lipinski definition) is 0. The first kappa shape index (κ1) is 15.8. The van der Waals surface area contributed by atoms with Crippen molar-refractivity contribution in [3.05, 3.63) is 12.0 Å². The van der Waals surface area contributed by atoms with E-state index in [9.17, 15) is 0 Å². The van der Waals surface area contributed by atoms with Gasteiger partial charge < -0.3 is 4.90 Å². The highest BCUT2D eigenvalue weighted by molar-refractivity contribution is 5.87. The largest absolute Gasteiger partial charge is 0.353 e. The van der Waals surface area contributed by atoms with E-state index in [0.29, 0.717) is 0 Å². The summed E-state index contributed by atoms with van der Waals surface area (Å²) in [6.07, 6.45) is 9.08. The third-order valence-corrected chi connectivity index (χ3v) is 5.60. The Bertz CT molecular complexity index is 695. The second-order valence-electron chi connectivity index (χ2n) is 7.39. The number of nitrogens with zero attached hydrogens (tertiary/aromatic N) is 6. The first-order valence-electron chi connectivity index (χ1n) is 9.34. The molecule has 1 aliphatic heterocycles. The second-order valence-corrected chi connectivity index (χ2v) is 7.39. The van der Waals surface area contributed by atoms with Gasteiger partial charge in [-0.15, -0.1) is 0 Å². The molecule has 0 bridgehead atoms. The summed E-state index contributed by atoms with van der Waals surface area (Å²) in [7, 11) is 1.95. The Hall–Kier alpha value is -1.69. The maximum absolute atomic E-state index is 4.72. The van der Waals surface area contributed by atoms with Gasteiger partial charge in [0.25, 0.3) is 0 Å². The molecule has 6 heteroatoms. The summed E-state index contributed by atoms with van der Waals surface area (Å²) in [5, 5.41) is 5.43. The van der Waals surface area contributed by atoms with Crippen molar-refractivity contribution in [2.75, 3.05) is 37.6 Å². The summed E-state index contributed by atoms with van der Waals surface area (Å²) in [5.41, 5.74) is 0.933. The molecular formula is C18H28N6. The molecule has 2 fully saturated rings. The van der Waals surface area contributed by atoms with Gasteiger partial charge in [-0.25, -0.2) is 9.97 Å². The van der Waals surface area contributed by atoms with E-state index >= 15 is 0 Å². The van der Waals surface area contributed by atoms with Crippen molar-refractivity contribution in [1.29, 1.82) is 0 Å². The maximum atomic E-state index is 4.72. The summed E-state index contributed by atoms with van der Waals surface area (Å²) in [6, 6.07) is 0. The van der Waals surface area contributed by atoms with Gasteiger partial charge in [0, 0.05) is 39.8 Å². The molecular weight excluding hydrogens is 300 g/mol. The normalized spacial score (nSPS) is 20.8. The molecule has 130 valence electrons. The molecule has 3 heterocycles. The Labute approximate surface area is 143 Å². The number of fused-ring (bicyclic) bond motifs is 1. The zero-order valence-corrected chi connectivity index (χ0v) is 14.9. The lowest BCUT2D eigenvalue weighted by atomic mass is 9.89. The molecule has 2 aliphatic rings. The first-order valence-corrected chi connectivity index (χ1v) is 9.34. The smallest absolute Gasteiger partial charge is 0.163 e. The minimum absolute atomic E-state index is 0.825. The topological polar surface area (TPSA) is 50.1 Å². The van der Waals surface area contributed by atoms with Crippen LogP contribution in [0.15, 0.2) is 6.20 Å². The third-order valence-electron chi connectivity index (χ3n) is 5.60. The molecule has 24 heavy (non-hydrogen) atoms. The molecule has 0 atom stereocenters. The number of hydrogen-bond acceptors (Lipinski definition) is 5. The Balaban J connectivity index is 1.44. The molecule has 0 N–H and O–H groups in total. The van der Waals surface area contributed by atoms with Gasteiger partial charge in [-0.1, -0.05) is 19.3 Å². The summed E-state index contributed by atoms with van der Waals surface area (Å²) < 4.78 is 1.84. The molecule has 1 aliphatic carbocycles. The zero-order valence-electron chi connectivity index (χ0n) is 14.9. The molecule has 0 radical (unpaired) electrons. The van der Waals surface area contributed by atoms with Gasteiger partial charge in [0.05, 0.1) is 11.6 Å². The third kappa shape index (κ3) is 3.11. The van der Waals surface area contributed by atoms with Crippen LogP contribution in [-0.2, 0) is 7.05 Å². The van der Waals surface area contributed by atoms with Gasteiger partial charge in [0.1, 0.15) is 11.6 Å². The lowest BCUT2D eigenvalue weighted by Crippen LogP contribution is -2.48. The fourth-order valence-electron chi connectivity index (χ4n) is 4.23. The van der Waals surface area contributed by atoms with Crippen molar-refractivity contribution in [2.24, 2.45) is 13.0 Å². The van der Waals surface area contributed by atoms with Gasteiger partial charge in [0.15, 0.2) is 5.65 Å². The minimum atomic E-state index is 0.825. The van der Waals surface area contributed by atoms with Crippen LogP contribution in [0.25, 0.3) is 11.0 Å². The molecule has 4 rings (SSSR count). The zero-order chi connectivity index (χ0) is 16.5. The number of aromatic nitrogens is 4. The van der Waals surface area contributed by atoms with E-state index in [2.05, 4.69) is 19.9 Å². The van der Waals surface area contributed by atoms with Gasteiger partial charge >= 0.3 is 0 Å². The van der Waals surface area contributed by atoms with E-state index in [-0.39, 0.29) is 0 Å². The number of piperazine rings is 1. The Morgan fingerprint density at radius 1 is 1.04 bits per heavy atom. The summed E-state index contributed by atoms with van der Waals surface area (Å²) in [5.74, 6) is 2.81. The molecule has 6 nitrogen and oxygen atoms in total. The standard InChI is InChI=1S/C18H28N6/c1-14-20-17-16(12-19-22(17)2)18(21-14)24-10-8-23(9-11-24)13-15-6-4-3-5-7-15/h12,15H,3-11,13H2,1-2H3. The highest BCUT2D eigenvalue weighted by Gasteiger charge is 2.24. The van der Waals surface area contributed by atoms with Gasteiger partial charge in [0.2, 0.25) is 0 Å². The fraction of sp³-hybridized carbons (Fsp3) is 0.722. The van der Waals surface area contributed by atoms with Crippen LogP contribution in [0.1, 0.15) is 37.9 Å². The molecule has 0 spiro atoms. The number of aryl methyl sites for hydroxylation is 2. The maximum Gasteiger partial charge on any atom is 0.163 e. The van der Waals surface area contributed by atoms with E-state index in [4.69, 9.17) is 4.98 Å². The second kappa shape index (κ2) is 6.67. The van der Waals surface area contributed by atoms with Crippen molar-refractivity contribution >= 4 is 16.9 Å². The van der Waals surface area contributed by atoms with Crippen LogP contribution in [0.5, 0.6) is 0 Å². The molecule has 2 aromatic rings. The lowest BCUT2D eigenvalue weighted by Gasteiger charge is -2.38. The molecule has 0 unspecified atom stereocenters. The molecule has 1 saturated carbocycles. The quantitative estimate of drug-likeness (QED) is 0.866. The molecule has 0 amide bonds. The monoisotopic (exact) mass is 328 g/mol. The predicted molar refractivity (Wildman–Crippen MR) is 96.3 cm³/mol. The average molecular weight is 328 g/mol. The van der Waals surface area contributed by atoms with E-state index in [1.54, 1.807) is 0 Å². The SMILES string of the molecule is Cc1nc(N2CCN(CC3CCCCC3)CC2)c2cnn(C)c2n1. The lowest BCUT2D eigenvalue weighted by molar-refractivity contribution is 0.192. The van der Waals surface area contributed by atoms with Crippen LogP contribution >= 0.6 is 0 Å². The van der Waals surface area contributed by atoms with E-state index in [1.807, 2.05) is 24.9 Å². The van der Waals surface area contributed by atoms with E-state index in [1.165, 1.54) is 38.6 Å². The Morgan fingerprint density at radius 2 is 1.79 bits per heavy atom. The van der Waals surface area contributed by atoms with Crippen molar-refractivity contribution in [3.63, 3.8) is 0 Å². The first-order chi connectivity index (χ1) is 11.7. The highest BCUT2D eigenvalue weighted by atomic mass is 15.3. The van der Waals surface area contributed by atoms with Gasteiger partial charge in [-0.3, -0.25) is 9.58 Å². The summed E-state index contributed by atoms with van der Waals surface area (Å²) in [4.78, 5) is 14.3. The number of anilines is 1. The predicted octanol–water partition coefficient (Wildman–Crippen LogP) is 2.37. The fourth-order valence-corrected chi connectivity index (χ4v) is 4.23. The van der Waals surface area contributed by atoms with Crippen LogP contribution < -0.4 is 4.90 Å². The van der Waals surface area contributed by atoms with Crippen molar-refractivity contribution in [2.45, 2.75) is 39.0 Å².